The minimum absolute atomic E-state index is 0.380. The quantitative estimate of drug-likeness (QED) is 0.293. The monoisotopic (exact) mass is 541 g/mol. The molecule has 34 heavy (non-hydrogen) atoms. The largest absolute Gasteiger partial charge is 0.444 e. The lowest BCUT2D eigenvalue weighted by molar-refractivity contribution is 0.0523. The Balaban J connectivity index is 1.52. The molecule has 176 valence electrons. The number of alkyl carbamates (subject to hydrolysis) is 1. The van der Waals surface area contributed by atoms with Gasteiger partial charge in [0.2, 0.25) is 0 Å². The van der Waals surface area contributed by atoms with Crippen LogP contribution >= 0.6 is 27.5 Å². The first kappa shape index (κ1) is 24.0. The molecule has 7 nitrogen and oxygen atoms in total. The smallest absolute Gasteiger partial charge is 0.407 e. The first-order valence-corrected chi connectivity index (χ1v) is 11.9. The zero-order chi connectivity index (χ0) is 24.3. The lowest BCUT2D eigenvalue weighted by atomic mass is 10.1. The fourth-order valence-electron chi connectivity index (χ4n) is 3.40. The van der Waals surface area contributed by atoms with Gasteiger partial charge in [-0.1, -0.05) is 54.1 Å². The number of benzene rings is 2. The summed E-state index contributed by atoms with van der Waals surface area (Å²) in [6.45, 7) is 6.45. The zero-order valence-electron chi connectivity index (χ0n) is 19.1. The van der Waals surface area contributed by atoms with Crippen molar-refractivity contribution in [3.63, 3.8) is 0 Å². The van der Waals surface area contributed by atoms with Crippen LogP contribution in [-0.2, 0) is 17.8 Å². The summed E-state index contributed by atoms with van der Waals surface area (Å²) in [5.74, 6) is 0.780. The number of nitrogens with one attached hydrogen (secondary N) is 2. The van der Waals surface area contributed by atoms with Crippen LogP contribution in [0.25, 0.3) is 16.9 Å². The number of hydrogen-bond acceptors (Lipinski definition) is 5. The van der Waals surface area contributed by atoms with Crippen molar-refractivity contribution in [3.05, 3.63) is 81.4 Å². The van der Waals surface area contributed by atoms with Gasteiger partial charge in [0.25, 0.3) is 0 Å². The van der Waals surface area contributed by atoms with Crippen LogP contribution in [0, 0.1) is 0 Å². The van der Waals surface area contributed by atoms with E-state index in [4.69, 9.17) is 21.3 Å². The van der Waals surface area contributed by atoms with Crippen molar-refractivity contribution < 1.29 is 9.53 Å². The molecule has 0 bridgehead atoms. The van der Waals surface area contributed by atoms with Gasteiger partial charge in [-0.15, -0.1) is 0 Å². The van der Waals surface area contributed by atoms with E-state index >= 15 is 0 Å². The Morgan fingerprint density at radius 1 is 1.09 bits per heavy atom. The average molecular weight is 543 g/mol. The van der Waals surface area contributed by atoms with Gasteiger partial charge in [0.15, 0.2) is 5.65 Å². The molecule has 4 aromatic rings. The van der Waals surface area contributed by atoms with Crippen LogP contribution in [0.1, 0.15) is 31.9 Å². The van der Waals surface area contributed by atoms with Gasteiger partial charge in [-0.2, -0.15) is 9.61 Å². The number of ether oxygens (including phenoxy) is 1. The summed E-state index contributed by atoms with van der Waals surface area (Å²) in [5, 5.41) is 11.3. The van der Waals surface area contributed by atoms with Crippen molar-refractivity contribution in [2.45, 2.75) is 39.5 Å². The van der Waals surface area contributed by atoms with Crippen molar-refractivity contribution in [2.24, 2.45) is 0 Å². The third kappa shape index (κ3) is 5.87. The van der Waals surface area contributed by atoms with E-state index in [0.717, 1.165) is 32.7 Å². The number of fused-ring (bicyclic) bond motifs is 1. The van der Waals surface area contributed by atoms with Gasteiger partial charge in [-0.05, 0) is 53.9 Å². The summed E-state index contributed by atoms with van der Waals surface area (Å²) < 4.78 is 7.84. The molecule has 0 unspecified atom stereocenters. The number of hydrogen-bond donors (Lipinski definition) is 2. The van der Waals surface area contributed by atoms with E-state index in [0.29, 0.717) is 23.8 Å². The van der Waals surface area contributed by atoms with Crippen LogP contribution in [0.15, 0.2) is 65.3 Å². The Kier molecular flexibility index (Phi) is 7.09. The summed E-state index contributed by atoms with van der Waals surface area (Å²) in [6.07, 6.45) is 1.28. The second-order valence-electron chi connectivity index (χ2n) is 8.76. The predicted octanol–water partition coefficient (Wildman–Crippen LogP) is 6.45. The van der Waals surface area contributed by atoms with E-state index in [-0.39, 0.29) is 0 Å². The van der Waals surface area contributed by atoms with Crippen LogP contribution in [0.2, 0.25) is 5.02 Å². The topological polar surface area (TPSA) is 80.5 Å². The van der Waals surface area contributed by atoms with E-state index in [1.807, 2.05) is 75.4 Å². The summed E-state index contributed by atoms with van der Waals surface area (Å²) in [6, 6.07) is 17.5. The van der Waals surface area contributed by atoms with E-state index < -0.39 is 11.7 Å². The second kappa shape index (κ2) is 10.0. The number of rotatable bonds is 6. The number of nitrogens with zero attached hydrogens (tertiary/aromatic N) is 3. The Labute approximate surface area is 211 Å². The molecule has 4 rings (SSSR count). The predicted molar refractivity (Wildman–Crippen MR) is 138 cm³/mol. The summed E-state index contributed by atoms with van der Waals surface area (Å²) in [5.41, 5.74) is 3.78. The Morgan fingerprint density at radius 2 is 1.82 bits per heavy atom. The minimum atomic E-state index is -0.532. The van der Waals surface area contributed by atoms with E-state index in [1.165, 1.54) is 0 Å². The van der Waals surface area contributed by atoms with E-state index in [2.05, 4.69) is 31.7 Å². The number of aromatic nitrogens is 3. The maximum absolute atomic E-state index is 12.0. The Morgan fingerprint density at radius 3 is 2.56 bits per heavy atom. The molecule has 0 aliphatic carbocycles. The first-order valence-electron chi connectivity index (χ1n) is 10.8. The molecule has 2 heterocycles. The molecule has 0 saturated heterocycles. The molecule has 0 fully saturated rings. The lowest BCUT2D eigenvalue weighted by Gasteiger charge is -2.19. The fourth-order valence-corrected chi connectivity index (χ4v) is 3.98. The van der Waals surface area contributed by atoms with Gasteiger partial charge >= 0.3 is 6.09 Å². The summed E-state index contributed by atoms with van der Waals surface area (Å²) in [4.78, 5) is 16.7. The van der Waals surface area contributed by atoms with Crippen LogP contribution in [0.4, 0.5) is 10.6 Å². The molecular formula is C25H25BrClN5O2. The third-order valence-corrected chi connectivity index (χ3v) is 5.77. The first-order chi connectivity index (χ1) is 16.2. The van der Waals surface area contributed by atoms with Crippen LogP contribution in [0.5, 0.6) is 0 Å². The van der Waals surface area contributed by atoms with Crippen molar-refractivity contribution in [1.29, 1.82) is 0 Å². The minimum Gasteiger partial charge on any atom is -0.444 e. The molecule has 0 radical (unpaired) electrons. The molecular weight excluding hydrogens is 518 g/mol. The molecule has 9 heteroatoms. The highest BCUT2D eigenvalue weighted by atomic mass is 79.9. The van der Waals surface area contributed by atoms with Gasteiger partial charge in [0.1, 0.15) is 11.4 Å². The standard InChI is InChI=1S/C25H25BrClN5O2/c1-25(2,3)34-24(33)29-14-17-8-6-7-16(11-17)13-28-22-12-21(18-9-4-5-10-20(18)27)31-23-19(26)15-30-32(22)23/h4-12,15,28H,13-14H2,1-3H3,(H,29,33). The third-order valence-electron chi connectivity index (χ3n) is 4.88. The highest BCUT2D eigenvalue weighted by Gasteiger charge is 2.16. The maximum Gasteiger partial charge on any atom is 0.407 e. The molecule has 1 amide bonds. The van der Waals surface area contributed by atoms with Gasteiger partial charge in [0.05, 0.1) is 16.4 Å². The molecule has 0 spiro atoms. The number of carbonyl (C=O) groups is 1. The molecule has 0 aliphatic heterocycles. The van der Waals surface area contributed by atoms with E-state index in [1.54, 1.807) is 10.7 Å². The Hall–Kier alpha value is -3.10. The average Bonchev–Trinajstić information content (AvgIpc) is 3.16. The van der Waals surface area contributed by atoms with Gasteiger partial charge in [-0.3, -0.25) is 0 Å². The van der Waals surface area contributed by atoms with E-state index in [9.17, 15) is 4.79 Å². The number of halogens is 2. The van der Waals surface area contributed by atoms with Crippen molar-refractivity contribution in [1.82, 2.24) is 19.9 Å². The molecule has 0 atom stereocenters. The summed E-state index contributed by atoms with van der Waals surface area (Å²) >= 11 is 9.95. The Bertz CT molecular complexity index is 1330. The maximum atomic E-state index is 12.0. The number of amides is 1. The zero-order valence-corrected chi connectivity index (χ0v) is 21.4. The highest BCUT2D eigenvalue weighted by molar-refractivity contribution is 9.10. The molecule has 2 aromatic heterocycles. The second-order valence-corrected chi connectivity index (χ2v) is 10.0. The molecule has 2 aromatic carbocycles. The van der Waals surface area contributed by atoms with Crippen LogP contribution < -0.4 is 10.6 Å². The van der Waals surface area contributed by atoms with Gasteiger partial charge < -0.3 is 15.4 Å². The van der Waals surface area contributed by atoms with Crippen molar-refractivity contribution >= 4 is 45.1 Å². The van der Waals surface area contributed by atoms with Crippen molar-refractivity contribution in [2.75, 3.05) is 5.32 Å². The fraction of sp³-hybridized carbons (Fsp3) is 0.240. The number of anilines is 1. The molecule has 0 saturated carbocycles. The lowest BCUT2D eigenvalue weighted by Crippen LogP contribution is -2.32. The van der Waals surface area contributed by atoms with Crippen LogP contribution in [0.3, 0.4) is 0 Å². The summed E-state index contributed by atoms with van der Waals surface area (Å²) in [7, 11) is 0. The highest BCUT2D eigenvalue weighted by Crippen LogP contribution is 2.30. The van der Waals surface area contributed by atoms with Gasteiger partial charge in [-0.25, -0.2) is 9.78 Å². The SMILES string of the molecule is CC(C)(C)OC(=O)NCc1cccc(CNc2cc(-c3ccccc3Cl)nc3c(Br)cnn23)c1. The molecule has 0 aliphatic rings. The molecule has 2 N–H and O–H groups in total. The normalized spacial score (nSPS) is 11.4. The van der Waals surface area contributed by atoms with Crippen LogP contribution in [-0.4, -0.2) is 26.3 Å². The van der Waals surface area contributed by atoms with Crippen molar-refractivity contribution in [3.8, 4) is 11.3 Å². The van der Waals surface area contributed by atoms with Gasteiger partial charge in [0, 0.05) is 29.7 Å². The number of carbonyl (C=O) groups excluding carboxylic acids is 1.